The van der Waals surface area contributed by atoms with E-state index in [1.807, 2.05) is 0 Å². The lowest BCUT2D eigenvalue weighted by molar-refractivity contribution is 0.0904. The number of Topliss-reactive ketones (excluding diaryl/α,β-unsaturated/α-hetero) is 1. The van der Waals surface area contributed by atoms with Gasteiger partial charge in [0.05, 0.1) is 0 Å². The van der Waals surface area contributed by atoms with Gasteiger partial charge in [-0.15, -0.1) is 0 Å². The molecule has 51 valence electrons. The summed E-state index contributed by atoms with van der Waals surface area (Å²) in [7, 11) is 0. The molecule has 1 aromatic rings. The molecule has 0 bridgehead atoms. The highest BCUT2D eigenvalue weighted by atomic mass is 16.3. The highest BCUT2D eigenvalue weighted by molar-refractivity contribution is 5.96. The lowest BCUT2D eigenvalue weighted by Gasteiger charge is -1.92. The Morgan fingerprint density at radius 1 is 1.50 bits per heavy atom. The zero-order valence-corrected chi connectivity index (χ0v) is 5.37. The summed E-state index contributed by atoms with van der Waals surface area (Å²) >= 11 is 0. The van der Waals surface area contributed by atoms with Crippen LogP contribution in [-0.4, -0.2) is 17.5 Å². The van der Waals surface area contributed by atoms with Crippen LogP contribution in [0.5, 0.6) is 0 Å². The van der Waals surface area contributed by atoms with Crippen LogP contribution in [0.3, 0.4) is 0 Å². The quantitative estimate of drug-likeness (QED) is 0.605. The van der Waals surface area contributed by atoms with Crippen LogP contribution in [-0.2, 0) is 0 Å². The molecule has 0 atom stereocenters. The molecule has 0 saturated carbocycles. The Morgan fingerprint density at radius 3 is 2.60 bits per heavy atom. The van der Waals surface area contributed by atoms with E-state index in [-0.39, 0.29) is 5.78 Å². The molecule has 1 aromatic carbocycles. The Balaban J connectivity index is 2.85. The molecule has 2 heteroatoms. The van der Waals surface area contributed by atoms with Crippen LogP contribution in [0, 0.1) is 6.07 Å². The monoisotopic (exact) mass is 135 g/mol. The predicted octanol–water partition coefficient (Wildman–Crippen LogP) is 0.662. The average Bonchev–Trinajstić information content (AvgIpc) is 2.05. The summed E-state index contributed by atoms with van der Waals surface area (Å²) in [5, 5.41) is 8.43. The molecule has 0 saturated heterocycles. The Labute approximate surface area is 59.1 Å². The first-order valence-corrected chi connectivity index (χ1v) is 2.95. The molecule has 0 unspecified atom stereocenters. The zero-order chi connectivity index (χ0) is 7.40. The van der Waals surface area contributed by atoms with Crippen molar-refractivity contribution in [3.8, 4) is 0 Å². The van der Waals surface area contributed by atoms with Crippen LogP contribution in [0.2, 0.25) is 0 Å². The standard InChI is InChI=1S/C8H7O2/c9-6-8(10)7-4-2-1-3-5-7/h2-5,9H,6H2. The maximum Gasteiger partial charge on any atom is 0.188 e. The first-order valence-electron chi connectivity index (χ1n) is 2.95. The smallest absolute Gasteiger partial charge is 0.188 e. The number of hydrogen-bond donors (Lipinski definition) is 1. The van der Waals surface area contributed by atoms with E-state index in [1.165, 1.54) is 0 Å². The summed E-state index contributed by atoms with van der Waals surface area (Å²) in [5.74, 6) is -0.256. The molecule has 0 amide bonds. The number of aliphatic hydroxyl groups excluding tert-OH is 1. The first kappa shape index (κ1) is 6.96. The first-order chi connectivity index (χ1) is 4.84. The van der Waals surface area contributed by atoms with Crippen molar-refractivity contribution in [2.24, 2.45) is 0 Å². The van der Waals surface area contributed by atoms with Gasteiger partial charge in [-0.2, -0.15) is 0 Å². The summed E-state index contributed by atoms with van der Waals surface area (Å²) in [6, 6.07) is 9.31. The van der Waals surface area contributed by atoms with Crippen molar-refractivity contribution in [3.63, 3.8) is 0 Å². The molecular formula is C8H7O2. The van der Waals surface area contributed by atoms with Gasteiger partial charge in [0, 0.05) is 5.56 Å². The summed E-state index contributed by atoms with van der Waals surface area (Å²) in [6.45, 7) is -0.427. The van der Waals surface area contributed by atoms with Gasteiger partial charge in [0.1, 0.15) is 6.61 Å². The van der Waals surface area contributed by atoms with E-state index >= 15 is 0 Å². The van der Waals surface area contributed by atoms with Crippen molar-refractivity contribution >= 4 is 5.78 Å². The van der Waals surface area contributed by atoms with Crippen molar-refractivity contribution in [2.45, 2.75) is 0 Å². The molecule has 0 aliphatic rings. The van der Waals surface area contributed by atoms with Gasteiger partial charge in [-0.3, -0.25) is 4.79 Å². The Kier molecular flexibility index (Phi) is 2.18. The van der Waals surface area contributed by atoms with E-state index in [2.05, 4.69) is 6.07 Å². The summed E-state index contributed by atoms with van der Waals surface area (Å²) in [5.41, 5.74) is 0.529. The van der Waals surface area contributed by atoms with Gasteiger partial charge in [0.25, 0.3) is 0 Å². The number of benzene rings is 1. The van der Waals surface area contributed by atoms with E-state index in [0.717, 1.165) is 0 Å². The van der Waals surface area contributed by atoms with Crippen molar-refractivity contribution in [1.29, 1.82) is 0 Å². The number of aliphatic hydroxyl groups is 1. The van der Waals surface area contributed by atoms with Crippen molar-refractivity contribution in [1.82, 2.24) is 0 Å². The van der Waals surface area contributed by atoms with E-state index in [4.69, 9.17) is 5.11 Å². The maximum absolute atomic E-state index is 10.7. The van der Waals surface area contributed by atoms with Crippen molar-refractivity contribution in [2.75, 3.05) is 6.61 Å². The van der Waals surface area contributed by atoms with Gasteiger partial charge >= 0.3 is 0 Å². The zero-order valence-electron chi connectivity index (χ0n) is 5.37. The van der Waals surface area contributed by atoms with Gasteiger partial charge < -0.3 is 5.11 Å². The normalized spacial score (nSPS) is 9.30. The summed E-state index contributed by atoms with van der Waals surface area (Å²) < 4.78 is 0. The van der Waals surface area contributed by atoms with E-state index in [9.17, 15) is 4.79 Å². The van der Waals surface area contributed by atoms with Crippen molar-refractivity contribution < 1.29 is 9.90 Å². The lowest BCUT2D eigenvalue weighted by atomic mass is 10.1. The number of carbonyl (C=O) groups excluding carboxylic acids is 1. The number of rotatable bonds is 2. The second kappa shape index (κ2) is 3.13. The minimum atomic E-state index is -0.427. The van der Waals surface area contributed by atoms with E-state index in [0.29, 0.717) is 5.56 Å². The topological polar surface area (TPSA) is 37.3 Å². The fraction of sp³-hybridized carbons (Fsp3) is 0.125. The number of carbonyl (C=O) groups is 1. The van der Waals surface area contributed by atoms with Crippen LogP contribution in [0.15, 0.2) is 24.3 Å². The molecule has 0 spiro atoms. The number of hydrogen-bond acceptors (Lipinski definition) is 2. The predicted molar refractivity (Wildman–Crippen MR) is 36.7 cm³/mol. The van der Waals surface area contributed by atoms with E-state index < -0.39 is 6.61 Å². The van der Waals surface area contributed by atoms with E-state index in [1.54, 1.807) is 24.3 Å². The highest BCUT2D eigenvalue weighted by Gasteiger charge is 1.99. The molecule has 0 aromatic heterocycles. The van der Waals surface area contributed by atoms with Gasteiger partial charge in [-0.1, -0.05) is 24.3 Å². The second-order valence-electron chi connectivity index (χ2n) is 1.87. The summed E-state index contributed by atoms with van der Waals surface area (Å²) in [4.78, 5) is 10.7. The minimum Gasteiger partial charge on any atom is -0.388 e. The van der Waals surface area contributed by atoms with Crippen LogP contribution < -0.4 is 0 Å². The van der Waals surface area contributed by atoms with Gasteiger partial charge in [-0.05, 0) is 6.07 Å². The summed E-state index contributed by atoms with van der Waals surface area (Å²) in [6.07, 6.45) is 0. The number of ketones is 1. The molecule has 0 heterocycles. The molecular weight excluding hydrogens is 128 g/mol. The molecule has 0 aliphatic heterocycles. The van der Waals surface area contributed by atoms with Crippen LogP contribution in [0.1, 0.15) is 10.4 Å². The average molecular weight is 135 g/mol. The van der Waals surface area contributed by atoms with Gasteiger partial charge in [0.2, 0.25) is 0 Å². The van der Waals surface area contributed by atoms with Crippen molar-refractivity contribution in [3.05, 3.63) is 35.9 Å². The largest absolute Gasteiger partial charge is 0.388 e. The SMILES string of the molecule is O=C(CO)c1cc[c]cc1. The second-order valence-corrected chi connectivity index (χ2v) is 1.87. The fourth-order valence-electron chi connectivity index (χ4n) is 0.664. The Hall–Kier alpha value is -1.15. The lowest BCUT2D eigenvalue weighted by Crippen LogP contribution is -2.03. The third-order valence-corrected chi connectivity index (χ3v) is 1.18. The molecule has 10 heavy (non-hydrogen) atoms. The van der Waals surface area contributed by atoms with Crippen LogP contribution >= 0.6 is 0 Å². The molecule has 1 N–H and O–H groups in total. The minimum absolute atomic E-state index is 0.256. The molecule has 1 radical (unpaired) electrons. The molecule has 0 aliphatic carbocycles. The Morgan fingerprint density at radius 2 is 2.10 bits per heavy atom. The molecule has 2 nitrogen and oxygen atoms in total. The highest BCUT2D eigenvalue weighted by Crippen LogP contribution is 1.97. The van der Waals surface area contributed by atoms with Crippen LogP contribution in [0.4, 0.5) is 0 Å². The third-order valence-electron chi connectivity index (χ3n) is 1.18. The van der Waals surface area contributed by atoms with Gasteiger partial charge in [-0.25, -0.2) is 0 Å². The van der Waals surface area contributed by atoms with Crippen LogP contribution in [0.25, 0.3) is 0 Å². The molecule has 1 rings (SSSR count). The fourth-order valence-corrected chi connectivity index (χ4v) is 0.664. The molecule has 0 fully saturated rings. The van der Waals surface area contributed by atoms with Gasteiger partial charge in [0.15, 0.2) is 5.78 Å². The third kappa shape index (κ3) is 1.42. The maximum atomic E-state index is 10.7. The Bertz CT molecular complexity index is 216.